The quantitative estimate of drug-likeness (QED) is 0.895. The van der Waals surface area contributed by atoms with E-state index in [1.807, 2.05) is 32.9 Å². The van der Waals surface area contributed by atoms with Gasteiger partial charge in [0.25, 0.3) is 0 Å². The van der Waals surface area contributed by atoms with Crippen LogP contribution in [-0.4, -0.2) is 23.2 Å². The first-order valence-corrected chi connectivity index (χ1v) is 7.86. The van der Waals surface area contributed by atoms with Gasteiger partial charge in [-0.25, -0.2) is 0 Å². The second kappa shape index (κ2) is 5.80. The molecule has 1 amide bonds. The minimum absolute atomic E-state index is 0.0237. The maximum atomic E-state index is 12.7. The molecular formula is C18H27NO2. The molecule has 0 aliphatic heterocycles. The van der Waals surface area contributed by atoms with Crippen LogP contribution in [0.1, 0.15) is 51.7 Å². The van der Waals surface area contributed by atoms with Crippen LogP contribution in [-0.2, 0) is 16.6 Å². The van der Waals surface area contributed by atoms with Crippen molar-refractivity contribution < 1.29 is 9.90 Å². The molecule has 2 N–H and O–H groups in total. The molecule has 116 valence electrons. The normalized spacial score (nSPS) is 24.3. The Bertz CT molecular complexity index is 522. The highest BCUT2D eigenvalue weighted by Crippen LogP contribution is 2.37. The molecule has 0 bridgehead atoms. The molecule has 0 spiro atoms. The number of hydrogen-bond acceptors (Lipinski definition) is 2. The van der Waals surface area contributed by atoms with Crippen LogP contribution in [0.3, 0.4) is 0 Å². The summed E-state index contributed by atoms with van der Waals surface area (Å²) in [7, 11) is 0. The fraction of sp³-hybridized carbons (Fsp3) is 0.611. The maximum absolute atomic E-state index is 12.7. The van der Waals surface area contributed by atoms with Crippen LogP contribution in [0.15, 0.2) is 24.3 Å². The Balaban J connectivity index is 2.16. The fourth-order valence-corrected chi connectivity index (χ4v) is 2.94. The minimum atomic E-state index is -0.875. The molecule has 3 heteroatoms. The first-order chi connectivity index (χ1) is 9.77. The van der Waals surface area contributed by atoms with Gasteiger partial charge in [0.2, 0.25) is 5.91 Å². The standard InChI is InChI=1S/C18H27NO2/c1-13(2)18(4,21)12-19-16(20)17(3)11-7-9-14-8-5-6-10-15(14)17/h5-6,8,10,13,21H,7,9,11-12H2,1-4H3,(H,19,20). The number of carbonyl (C=O) groups excluding carboxylic acids is 1. The average Bonchev–Trinajstić information content (AvgIpc) is 2.45. The topological polar surface area (TPSA) is 49.3 Å². The van der Waals surface area contributed by atoms with Crippen molar-refractivity contribution in [2.24, 2.45) is 5.92 Å². The number of carbonyl (C=O) groups is 1. The fourth-order valence-electron chi connectivity index (χ4n) is 2.94. The summed E-state index contributed by atoms with van der Waals surface area (Å²) in [5.74, 6) is 0.125. The zero-order chi connectivity index (χ0) is 15.7. The molecule has 2 rings (SSSR count). The van der Waals surface area contributed by atoms with Gasteiger partial charge in [-0.2, -0.15) is 0 Å². The summed E-state index contributed by atoms with van der Waals surface area (Å²) < 4.78 is 0. The van der Waals surface area contributed by atoms with Crippen molar-refractivity contribution in [1.82, 2.24) is 5.32 Å². The van der Waals surface area contributed by atoms with E-state index < -0.39 is 11.0 Å². The van der Waals surface area contributed by atoms with Crippen LogP contribution in [0.5, 0.6) is 0 Å². The van der Waals surface area contributed by atoms with E-state index in [-0.39, 0.29) is 11.8 Å². The monoisotopic (exact) mass is 289 g/mol. The van der Waals surface area contributed by atoms with Crippen LogP contribution >= 0.6 is 0 Å². The number of benzene rings is 1. The van der Waals surface area contributed by atoms with Gasteiger partial charge in [0.05, 0.1) is 11.0 Å². The number of aryl methyl sites for hydroxylation is 1. The second-order valence-corrected chi connectivity index (χ2v) is 7.04. The number of hydrogen-bond donors (Lipinski definition) is 2. The van der Waals surface area contributed by atoms with Gasteiger partial charge in [0, 0.05) is 6.54 Å². The lowest BCUT2D eigenvalue weighted by molar-refractivity contribution is -0.128. The van der Waals surface area contributed by atoms with E-state index in [4.69, 9.17) is 0 Å². The average molecular weight is 289 g/mol. The SMILES string of the molecule is CC(C)C(C)(O)CNC(=O)C1(C)CCCc2ccccc21. The maximum Gasteiger partial charge on any atom is 0.230 e. The van der Waals surface area contributed by atoms with Crippen molar-refractivity contribution in [3.63, 3.8) is 0 Å². The van der Waals surface area contributed by atoms with Gasteiger partial charge in [-0.05, 0) is 50.2 Å². The number of amides is 1. The van der Waals surface area contributed by atoms with Crippen LogP contribution in [0.25, 0.3) is 0 Å². The van der Waals surface area contributed by atoms with Crippen LogP contribution in [0.2, 0.25) is 0 Å². The molecule has 0 heterocycles. The van der Waals surface area contributed by atoms with Gasteiger partial charge in [0.15, 0.2) is 0 Å². The van der Waals surface area contributed by atoms with Crippen molar-refractivity contribution in [3.8, 4) is 0 Å². The zero-order valence-electron chi connectivity index (χ0n) is 13.6. The van der Waals surface area contributed by atoms with Crippen molar-refractivity contribution in [2.45, 2.75) is 58.0 Å². The van der Waals surface area contributed by atoms with E-state index in [0.717, 1.165) is 24.8 Å². The van der Waals surface area contributed by atoms with Gasteiger partial charge in [0.1, 0.15) is 0 Å². The highest BCUT2D eigenvalue weighted by atomic mass is 16.3. The van der Waals surface area contributed by atoms with E-state index >= 15 is 0 Å². The summed E-state index contributed by atoms with van der Waals surface area (Å²) in [6.45, 7) is 8.01. The third kappa shape index (κ3) is 3.13. The molecule has 0 saturated heterocycles. The molecule has 1 aliphatic rings. The number of aliphatic hydroxyl groups is 1. The van der Waals surface area contributed by atoms with Gasteiger partial charge < -0.3 is 10.4 Å². The highest BCUT2D eigenvalue weighted by molar-refractivity contribution is 5.88. The summed E-state index contributed by atoms with van der Waals surface area (Å²) in [6.07, 6.45) is 2.93. The molecule has 21 heavy (non-hydrogen) atoms. The van der Waals surface area contributed by atoms with E-state index in [0.29, 0.717) is 6.54 Å². The van der Waals surface area contributed by atoms with Crippen LogP contribution in [0, 0.1) is 5.92 Å². The minimum Gasteiger partial charge on any atom is -0.388 e. The Morgan fingerprint density at radius 3 is 2.76 bits per heavy atom. The Morgan fingerprint density at radius 1 is 1.43 bits per heavy atom. The largest absolute Gasteiger partial charge is 0.388 e. The Morgan fingerprint density at radius 2 is 2.10 bits per heavy atom. The zero-order valence-corrected chi connectivity index (χ0v) is 13.6. The van der Waals surface area contributed by atoms with Crippen molar-refractivity contribution in [2.75, 3.05) is 6.54 Å². The Labute approximate surface area is 127 Å². The number of rotatable bonds is 4. The summed E-state index contributed by atoms with van der Waals surface area (Å²) in [4.78, 5) is 12.7. The summed E-state index contributed by atoms with van der Waals surface area (Å²) >= 11 is 0. The second-order valence-electron chi connectivity index (χ2n) is 7.04. The summed E-state index contributed by atoms with van der Waals surface area (Å²) in [5.41, 5.74) is 1.05. The molecule has 1 aromatic rings. The predicted octanol–water partition coefficient (Wildman–Crippen LogP) is 2.80. The van der Waals surface area contributed by atoms with Crippen molar-refractivity contribution >= 4 is 5.91 Å². The molecule has 0 radical (unpaired) electrons. The van der Waals surface area contributed by atoms with Crippen molar-refractivity contribution in [1.29, 1.82) is 0 Å². The van der Waals surface area contributed by atoms with E-state index in [1.165, 1.54) is 5.56 Å². The highest BCUT2D eigenvalue weighted by Gasteiger charge is 2.39. The van der Waals surface area contributed by atoms with E-state index in [9.17, 15) is 9.90 Å². The molecule has 0 fully saturated rings. The first kappa shape index (κ1) is 16.0. The number of nitrogens with one attached hydrogen (secondary N) is 1. The lowest BCUT2D eigenvalue weighted by Gasteiger charge is -2.36. The summed E-state index contributed by atoms with van der Waals surface area (Å²) in [6, 6.07) is 8.21. The Hall–Kier alpha value is -1.35. The smallest absolute Gasteiger partial charge is 0.230 e. The molecular weight excluding hydrogens is 262 g/mol. The van der Waals surface area contributed by atoms with Gasteiger partial charge >= 0.3 is 0 Å². The lowest BCUT2D eigenvalue weighted by Crippen LogP contribution is -2.50. The summed E-state index contributed by atoms with van der Waals surface area (Å²) in [5, 5.41) is 13.3. The molecule has 0 aromatic heterocycles. The third-order valence-electron chi connectivity index (χ3n) is 5.09. The molecule has 0 saturated carbocycles. The molecule has 2 atom stereocenters. The van der Waals surface area contributed by atoms with Crippen molar-refractivity contribution in [3.05, 3.63) is 35.4 Å². The molecule has 1 aromatic carbocycles. The molecule has 2 unspecified atom stereocenters. The molecule has 1 aliphatic carbocycles. The van der Waals surface area contributed by atoms with Gasteiger partial charge in [-0.3, -0.25) is 4.79 Å². The van der Waals surface area contributed by atoms with Crippen LogP contribution in [0.4, 0.5) is 0 Å². The van der Waals surface area contributed by atoms with Gasteiger partial charge in [-0.1, -0.05) is 38.1 Å². The lowest BCUT2D eigenvalue weighted by atomic mass is 9.70. The first-order valence-electron chi connectivity index (χ1n) is 7.86. The number of fused-ring (bicyclic) bond motifs is 1. The van der Waals surface area contributed by atoms with Gasteiger partial charge in [-0.15, -0.1) is 0 Å². The van der Waals surface area contributed by atoms with Crippen LogP contribution < -0.4 is 5.32 Å². The Kier molecular flexibility index (Phi) is 4.43. The third-order valence-corrected chi connectivity index (χ3v) is 5.09. The predicted molar refractivity (Wildman–Crippen MR) is 85.2 cm³/mol. The van der Waals surface area contributed by atoms with E-state index in [2.05, 4.69) is 17.4 Å². The molecule has 3 nitrogen and oxygen atoms in total. The van der Waals surface area contributed by atoms with E-state index in [1.54, 1.807) is 6.92 Å².